The molecule has 0 bridgehead atoms. The molecule has 1 amide bonds. The molecule has 138 valence electrons. The van der Waals surface area contributed by atoms with Gasteiger partial charge in [0, 0.05) is 19.6 Å². The number of carbonyl (C=O) groups is 2. The van der Waals surface area contributed by atoms with E-state index in [9.17, 15) is 14.9 Å². The van der Waals surface area contributed by atoms with E-state index in [1.165, 1.54) is 7.11 Å². The van der Waals surface area contributed by atoms with Gasteiger partial charge in [-0.15, -0.1) is 0 Å². The zero-order chi connectivity index (χ0) is 19.2. The Morgan fingerprint density at radius 1 is 1.26 bits per heavy atom. The molecule has 1 fully saturated rings. The highest BCUT2D eigenvalue weighted by atomic mass is 16.5. The van der Waals surface area contributed by atoms with Gasteiger partial charge in [0.15, 0.2) is 0 Å². The van der Waals surface area contributed by atoms with Crippen LogP contribution in [0.4, 0.5) is 0 Å². The number of nitriles is 1. The topological polar surface area (TPSA) is 82.4 Å². The van der Waals surface area contributed by atoms with Crippen LogP contribution in [0.5, 0.6) is 0 Å². The van der Waals surface area contributed by atoms with E-state index >= 15 is 0 Å². The van der Waals surface area contributed by atoms with Crippen molar-refractivity contribution < 1.29 is 14.3 Å². The van der Waals surface area contributed by atoms with Crippen LogP contribution >= 0.6 is 0 Å². The first-order chi connectivity index (χ1) is 13.1. The molecule has 1 unspecified atom stereocenters. The fourth-order valence-electron chi connectivity index (χ4n) is 3.27. The minimum Gasteiger partial charge on any atom is -0.469 e. The highest BCUT2D eigenvalue weighted by Crippen LogP contribution is 2.24. The standard InChI is InChI=1S/C21H21N3O3/c1-27-20(25)12-19-21(26)23-10-11-24(19)14-15-6-8-16(9-7-15)18-5-3-2-4-17(18)13-22/h2-9,19H,10-12,14H2,1H3,(H,23,26). The molecule has 6 nitrogen and oxygen atoms in total. The predicted octanol–water partition coefficient (Wildman–Crippen LogP) is 2.09. The molecular formula is C21H21N3O3. The smallest absolute Gasteiger partial charge is 0.307 e. The average Bonchev–Trinajstić information content (AvgIpc) is 2.71. The van der Waals surface area contributed by atoms with E-state index in [1.54, 1.807) is 6.07 Å². The minimum absolute atomic E-state index is 0.0377. The summed E-state index contributed by atoms with van der Waals surface area (Å²) in [6.07, 6.45) is 0.0377. The maximum absolute atomic E-state index is 12.2. The number of methoxy groups -OCH3 is 1. The molecule has 0 saturated carbocycles. The molecule has 1 saturated heterocycles. The van der Waals surface area contributed by atoms with Gasteiger partial charge in [0.05, 0.1) is 25.2 Å². The van der Waals surface area contributed by atoms with E-state index in [2.05, 4.69) is 11.4 Å². The second-order valence-electron chi connectivity index (χ2n) is 6.41. The lowest BCUT2D eigenvalue weighted by Gasteiger charge is -2.34. The Morgan fingerprint density at radius 3 is 2.70 bits per heavy atom. The molecule has 27 heavy (non-hydrogen) atoms. The van der Waals surface area contributed by atoms with Crippen LogP contribution < -0.4 is 5.32 Å². The van der Waals surface area contributed by atoms with Crippen molar-refractivity contribution in [2.24, 2.45) is 0 Å². The third-order valence-corrected chi connectivity index (χ3v) is 4.73. The Kier molecular flexibility index (Phi) is 5.84. The van der Waals surface area contributed by atoms with Gasteiger partial charge in [-0.25, -0.2) is 0 Å². The molecule has 0 aliphatic carbocycles. The van der Waals surface area contributed by atoms with Crippen molar-refractivity contribution in [2.75, 3.05) is 20.2 Å². The van der Waals surface area contributed by atoms with Crippen molar-refractivity contribution in [3.63, 3.8) is 0 Å². The van der Waals surface area contributed by atoms with E-state index in [1.807, 2.05) is 47.4 Å². The SMILES string of the molecule is COC(=O)CC1C(=O)NCCN1Cc1ccc(-c2ccccc2C#N)cc1. The molecule has 1 aliphatic heterocycles. The fourth-order valence-corrected chi connectivity index (χ4v) is 3.27. The lowest BCUT2D eigenvalue weighted by atomic mass is 9.99. The summed E-state index contributed by atoms with van der Waals surface area (Å²) in [7, 11) is 1.32. The zero-order valence-electron chi connectivity index (χ0n) is 15.1. The van der Waals surface area contributed by atoms with Crippen molar-refractivity contribution in [1.82, 2.24) is 10.2 Å². The summed E-state index contributed by atoms with van der Waals surface area (Å²) < 4.78 is 4.71. The van der Waals surface area contributed by atoms with Crippen LogP contribution in [0.1, 0.15) is 17.5 Å². The fraction of sp³-hybridized carbons (Fsp3) is 0.286. The van der Waals surface area contributed by atoms with Crippen LogP contribution in [0.2, 0.25) is 0 Å². The number of rotatable bonds is 5. The van der Waals surface area contributed by atoms with Crippen LogP contribution in [-0.2, 0) is 20.9 Å². The summed E-state index contributed by atoms with van der Waals surface area (Å²) in [5.74, 6) is -0.545. The molecule has 0 spiro atoms. The number of hydrogen-bond acceptors (Lipinski definition) is 5. The van der Waals surface area contributed by atoms with Gasteiger partial charge in [-0.05, 0) is 22.8 Å². The molecule has 2 aromatic rings. The first-order valence-electron chi connectivity index (χ1n) is 8.79. The molecule has 6 heteroatoms. The quantitative estimate of drug-likeness (QED) is 0.823. The Bertz CT molecular complexity index is 871. The Labute approximate surface area is 158 Å². The number of piperazine rings is 1. The monoisotopic (exact) mass is 363 g/mol. The van der Waals surface area contributed by atoms with Crippen molar-refractivity contribution >= 4 is 11.9 Å². The molecule has 3 rings (SSSR count). The minimum atomic E-state index is -0.523. The number of benzene rings is 2. The lowest BCUT2D eigenvalue weighted by Crippen LogP contribution is -2.55. The van der Waals surface area contributed by atoms with Gasteiger partial charge in [0.2, 0.25) is 5.91 Å². The maximum atomic E-state index is 12.2. The first kappa shape index (κ1) is 18.6. The highest BCUT2D eigenvalue weighted by Gasteiger charge is 2.31. The van der Waals surface area contributed by atoms with Crippen LogP contribution in [-0.4, -0.2) is 43.0 Å². The van der Waals surface area contributed by atoms with Gasteiger partial charge >= 0.3 is 5.97 Å². The molecule has 1 aliphatic rings. The number of ether oxygens (including phenoxy) is 1. The lowest BCUT2D eigenvalue weighted by molar-refractivity contribution is -0.146. The van der Waals surface area contributed by atoms with Crippen LogP contribution in [0.3, 0.4) is 0 Å². The largest absolute Gasteiger partial charge is 0.469 e. The molecule has 1 N–H and O–H groups in total. The van der Waals surface area contributed by atoms with Crippen LogP contribution in [0.25, 0.3) is 11.1 Å². The second kappa shape index (κ2) is 8.47. The first-order valence-corrected chi connectivity index (χ1v) is 8.79. The van der Waals surface area contributed by atoms with E-state index in [0.29, 0.717) is 25.2 Å². The van der Waals surface area contributed by atoms with Crippen LogP contribution in [0, 0.1) is 11.3 Å². The van der Waals surface area contributed by atoms with Crippen molar-refractivity contribution in [3.8, 4) is 17.2 Å². The number of amides is 1. The summed E-state index contributed by atoms with van der Waals surface area (Å²) in [6, 6.07) is 17.1. The van der Waals surface area contributed by atoms with Crippen molar-refractivity contribution in [1.29, 1.82) is 5.26 Å². The van der Waals surface area contributed by atoms with Gasteiger partial charge in [0.25, 0.3) is 0 Å². The average molecular weight is 363 g/mol. The van der Waals surface area contributed by atoms with Crippen LogP contribution in [0.15, 0.2) is 48.5 Å². The summed E-state index contributed by atoms with van der Waals surface area (Å²) in [5, 5.41) is 12.1. The normalized spacial score (nSPS) is 17.0. The Morgan fingerprint density at radius 2 is 2.00 bits per heavy atom. The Balaban J connectivity index is 1.76. The predicted molar refractivity (Wildman–Crippen MR) is 100 cm³/mol. The molecule has 2 aromatic carbocycles. The molecule has 0 radical (unpaired) electrons. The molecule has 0 aromatic heterocycles. The number of carbonyl (C=O) groups excluding carboxylic acids is 2. The summed E-state index contributed by atoms with van der Waals surface area (Å²) in [6.45, 7) is 1.80. The maximum Gasteiger partial charge on any atom is 0.307 e. The van der Waals surface area contributed by atoms with Gasteiger partial charge in [-0.3, -0.25) is 14.5 Å². The molecular weight excluding hydrogens is 342 g/mol. The van der Waals surface area contributed by atoms with Gasteiger partial charge in [0.1, 0.15) is 6.04 Å². The van der Waals surface area contributed by atoms with Gasteiger partial charge in [-0.2, -0.15) is 5.26 Å². The van der Waals surface area contributed by atoms with E-state index in [-0.39, 0.29) is 12.3 Å². The number of esters is 1. The summed E-state index contributed by atoms with van der Waals surface area (Å²) in [4.78, 5) is 25.8. The van der Waals surface area contributed by atoms with E-state index in [4.69, 9.17) is 4.74 Å². The van der Waals surface area contributed by atoms with E-state index < -0.39 is 12.0 Å². The highest BCUT2D eigenvalue weighted by molar-refractivity contribution is 5.87. The summed E-state index contributed by atoms with van der Waals surface area (Å²) in [5.41, 5.74) is 3.54. The zero-order valence-corrected chi connectivity index (χ0v) is 15.1. The second-order valence-corrected chi connectivity index (χ2v) is 6.41. The summed E-state index contributed by atoms with van der Waals surface area (Å²) >= 11 is 0. The van der Waals surface area contributed by atoms with Crippen molar-refractivity contribution in [2.45, 2.75) is 19.0 Å². The molecule has 1 atom stereocenters. The van der Waals surface area contributed by atoms with Gasteiger partial charge in [-0.1, -0.05) is 42.5 Å². The third-order valence-electron chi connectivity index (χ3n) is 4.73. The van der Waals surface area contributed by atoms with E-state index in [0.717, 1.165) is 16.7 Å². The number of nitrogens with one attached hydrogen (secondary N) is 1. The van der Waals surface area contributed by atoms with Gasteiger partial charge < -0.3 is 10.1 Å². The number of nitrogens with zero attached hydrogens (tertiary/aromatic N) is 2. The number of hydrogen-bond donors (Lipinski definition) is 1. The van der Waals surface area contributed by atoms with Crippen molar-refractivity contribution in [3.05, 3.63) is 59.7 Å². The third kappa shape index (κ3) is 4.33. The molecule has 1 heterocycles. The Hall–Kier alpha value is -3.17.